The van der Waals surface area contributed by atoms with Crippen LogP contribution in [0, 0.1) is 5.92 Å². The van der Waals surface area contributed by atoms with Crippen molar-refractivity contribution in [3.05, 3.63) is 11.7 Å². The Labute approximate surface area is 82.1 Å². The topological polar surface area (TPSA) is 76.2 Å². The van der Waals surface area contributed by atoms with Crippen LogP contribution in [-0.4, -0.2) is 21.2 Å². The first-order valence-electron chi connectivity index (χ1n) is 4.57. The zero-order valence-corrected chi connectivity index (χ0v) is 8.52. The highest BCUT2D eigenvalue weighted by Gasteiger charge is 2.18. The van der Waals surface area contributed by atoms with Crippen molar-refractivity contribution in [3.63, 3.8) is 0 Å². The van der Waals surface area contributed by atoms with Crippen LogP contribution in [0.15, 0.2) is 4.52 Å². The minimum absolute atomic E-state index is 0.107. The van der Waals surface area contributed by atoms with Crippen molar-refractivity contribution >= 4 is 5.97 Å². The first-order chi connectivity index (χ1) is 6.50. The van der Waals surface area contributed by atoms with Gasteiger partial charge in [0, 0.05) is 5.92 Å². The third-order valence-electron chi connectivity index (χ3n) is 1.88. The van der Waals surface area contributed by atoms with Crippen LogP contribution in [0.3, 0.4) is 0 Å². The molecule has 0 spiro atoms. The van der Waals surface area contributed by atoms with Gasteiger partial charge in [-0.2, -0.15) is 4.98 Å². The molecule has 1 atom stereocenters. The van der Waals surface area contributed by atoms with Gasteiger partial charge in [-0.25, -0.2) is 4.79 Å². The molecule has 0 fully saturated rings. The molecule has 1 aromatic heterocycles. The number of hydrogen-bond donors (Lipinski definition) is 1. The number of aromatic nitrogens is 2. The van der Waals surface area contributed by atoms with Crippen LogP contribution in [0.25, 0.3) is 0 Å². The molecule has 78 valence electrons. The minimum Gasteiger partial charge on any atom is -0.475 e. The number of aromatic carboxylic acids is 1. The van der Waals surface area contributed by atoms with E-state index in [4.69, 9.17) is 9.63 Å². The standard InChI is InChI=1S/C9H14N2O3/c1-5(2)4-6(3)8-10-7(9(12)13)11-14-8/h5-6H,4H2,1-3H3,(H,12,13). The summed E-state index contributed by atoms with van der Waals surface area (Å²) >= 11 is 0. The first-order valence-corrected chi connectivity index (χ1v) is 4.57. The summed E-state index contributed by atoms with van der Waals surface area (Å²) in [5.74, 6) is -0.399. The third-order valence-corrected chi connectivity index (χ3v) is 1.88. The Morgan fingerprint density at radius 3 is 2.57 bits per heavy atom. The molecule has 0 radical (unpaired) electrons. The molecular weight excluding hydrogens is 184 g/mol. The van der Waals surface area contributed by atoms with Crippen LogP contribution >= 0.6 is 0 Å². The molecule has 0 bridgehead atoms. The van der Waals surface area contributed by atoms with Crippen molar-refractivity contribution in [2.45, 2.75) is 33.1 Å². The lowest BCUT2D eigenvalue weighted by Gasteiger charge is -2.08. The van der Waals surface area contributed by atoms with Crippen molar-refractivity contribution in [2.24, 2.45) is 5.92 Å². The molecule has 0 aliphatic rings. The zero-order chi connectivity index (χ0) is 10.7. The Kier molecular flexibility index (Phi) is 3.22. The fourth-order valence-electron chi connectivity index (χ4n) is 1.33. The van der Waals surface area contributed by atoms with Crippen LogP contribution in [-0.2, 0) is 0 Å². The van der Waals surface area contributed by atoms with E-state index in [0.717, 1.165) is 6.42 Å². The number of hydrogen-bond acceptors (Lipinski definition) is 4. The molecule has 0 amide bonds. The van der Waals surface area contributed by atoms with Crippen molar-refractivity contribution in [1.29, 1.82) is 0 Å². The first kappa shape index (κ1) is 10.7. The van der Waals surface area contributed by atoms with Crippen LogP contribution in [0.4, 0.5) is 0 Å². The van der Waals surface area contributed by atoms with Crippen LogP contribution in [0.2, 0.25) is 0 Å². The molecule has 0 saturated heterocycles. The molecule has 1 N–H and O–H groups in total. The number of carbonyl (C=O) groups is 1. The van der Waals surface area contributed by atoms with Gasteiger partial charge >= 0.3 is 5.97 Å². The third kappa shape index (κ3) is 2.55. The number of carboxylic acids is 1. The van der Waals surface area contributed by atoms with Crippen molar-refractivity contribution in [2.75, 3.05) is 0 Å². The van der Waals surface area contributed by atoms with Gasteiger partial charge in [-0.3, -0.25) is 0 Å². The molecule has 5 heteroatoms. The molecule has 0 saturated carbocycles. The van der Waals surface area contributed by atoms with Gasteiger partial charge in [-0.05, 0) is 17.5 Å². The molecule has 1 rings (SSSR count). The quantitative estimate of drug-likeness (QED) is 0.799. The van der Waals surface area contributed by atoms with Crippen molar-refractivity contribution in [3.8, 4) is 0 Å². The average Bonchev–Trinajstić information content (AvgIpc) is 2.50. The SMILES string of the molecule is CC(C)CC(C)c1nc(C(=O)O)no1. The van der Waals surface area contributed by atoms with Crippen LogP contribution in [0.5, 0.6) is 0 Å². The highest BCUT2D eigenvalue weighted by molar-refractivity contribution is 5.82. The molecule has 0 aliphatic carbocycles. The second-order valence-electron chi connectivity index (χ2n) is 3.79. The predicted molar refractivity (Wildman–Crippen MR) is 49.1 cm³/mol. The summed E-state index contributed by atoms with van der Waals surface area (Å²) in [5.41, 5.74) is 0. The lowest BCUT2D eigenvalue weighted by atomic mass is 9.99. The highest BCUT2D eigenvalue weighted by atomic mass is 16.5. The monoisotopic (exact) mass is 198 g/mol. The summed E-state index contributed by atoms with van der Waals surface area (Å²) in [7, 11) is 0. The molecule has 1 aromatic rings. The van der Waals surface area contributed by atoms with Gasteiger partial charge in [-0.15, -0.1) is 0 Å². The summed E-state index contributed by atoms with van der Waals surface area (Å²) in [5, 5.41) is 11.9. The van der Waals surface area contributed by atoms with E-state index >= 15 is 0 Å². The maximum Gasteiger partial charge on any atom is 0.377 e. The Balaban J connectivity index is 2.71. The maximum atomic E-state index is 10.5. The highest BCUT2D eigenvalue weighted by Crippen LogP contribution is 2.21. The molecule has 1 unspecified atom stereocenters. The Hall–Kier alpha value is -1.39. The van der Waals surface area contributed by atoms with E-state index in [0.29, 0.717) is 11.8 Å². The summed E-state index contributed by atoms with van der Waals surface area (Å²) in [6, 6.07) is 0. The molecular formula is C9H14N2O3. The zero-order valence-electron chi connectivity index (χ0n) is 8.52. The second-order valence-corrected chi connectivity index (χ2v) is 3.79. The number of rotatable bonds is 4. The van der Waals surface area contributed by atoms with Gasteiger partial charge in [0.2, 0.25) is 5.89 Å². The van der Waals surface area contributed by atoms with E-state index in [-0.39, 0.29) is 11.7 Å². The minimum atomic E-state index is -1.16. The fraction of sp³-hybridized carbons (Fsp3) is 0.667. The Bertz CT molecular complexity index is 320. The van der Waals surface area contributed by atoms with E-state index in [1.807, 2.05) is 6.92 Å². The summed E-state index contributed by atoms with van der Waals surface area (Å²) in [4.78, 5) is 14.3. The lowest BCUT2D eigenvalue weighted by Crippen LogP contribution is -2.02. The number of nitrogens with zero attached hydrogens (tertiary/aromatic N) is 2. The lowest BCUT2D eigenvalue weighted by molar-refractivity contribution is 0.0680. The second kappa shape index (κ2) is 4.21. The van der Waals surface area contributed by atoms with Gasteiger partial charge in [0.25, 0.3) is 5.82 Å². The van der Waals surface area contributed by atoms with E-state index in [2.05, 4.69) is 24.0 Å². The van der Waals surface area contributed by atoms with Crippen molar-refractivity contribution < 1.29 is 14.4 Å². The molecule has 14 heavy (non-hydrogen) atoms. The molecule has 0 aliphatic heterocycles. The predicted octanol–water partition coefficient (Wildman–Crippen LogP) is 1.92. The van der Waals surface area contributed by atoms with Gasteiger partial charge in [0.1, 0.15) is 0 Å². The summed E-state index contributed by atoms with van der Waals surface area (Å²) in [6.45, 7) is 6.12. The molecule has 5 nitrogen and oxygen atoms in total. The maximum absolute atomic E-state index is 10.5. The van der Waals surface area contributed by atoms with E-state index in [9.17, 15) is 4.79 Å². The smallest absolute Gasteiger partial charge is 0.377 e. The van der Waals surface area contributed by atoms with Gasteiger partial charge in [-0.1, -0.05) is 20.8 Å². The van der Waals surface area contributed by atoms with Crippen molar-refractivity contribution in [1.82, 2.24) is 10.1 Å². The Morgan fingerprint density at radius 2 is 2.14 bits per heavy atom. The van der Waals surface area contributed by atoms with E-state index < -0.39 is 5.97 Å². The summed E-state index contributed by atoms with van der Waals surface area (Å²) < 4.78 is 4.85. The normalized spacial score (nSPS) is 13.1. The summed E-state index contributed by atoms with van der Waals surface area (Å²) in [6.07, 6.45) is 0.904. The average molecular weight is 198 g/mol. The van der Waals surface area contributed by atoms with Gasteiger partial charge in [0.05, 0.1) is 0 Å². The Morgan fingerprint density at radius 1 is 1.50 bits per heavy atom. The van der Waals surface area contributed by atoms with Crippen LogP contribution in [0.1, 0.15) is 49.6 Å². The largest absolute Gasteiger partial charge is 0.475 e. The fourth-order valence-corrected chi connectivity index (χ4v) is 1.33. The van der Waals surface area contributed by atoms with Gasteiger partial charge < -0.3 is 9.63 Å². The van der Waals surface area contributed by atoms with Crippen LogP contribution < -0.4 is 0 Å². The molecule has 1 heterocycles. The van der Waals surface area contributed by atoms with E-state index in [1.165, 1.54) is 0 Å². The van der Waals surface area contributed by atoms with Gasteiger partial charge in [0.15, 0.2) is 0 Å². The van der Waals surface area contributed by atoms with E-state index in [1.54, 1.807) is 0 Å². The molecule has 0 aromatic carbocycles. The number of carboxylic acid groups (broad SMARTS) is 1.